The van der Waals surface area contributed by atoms with Crippen LogP contribution in [0.1, 0.15) is 17.5 Å². The number of methoxy groups -OCH3 is 1. The van der Waals surface area contributed by atoms with Crippen LogP contribution in [0.3, 0.4) is 0 Å². The minimum absolute atomic E-state index is 0.303. The Hall–Kier alpha value is -3.58. The summed E-state index contributed by atoms with van der Waals surface area (Å²) >= 11 is 0. The predicted molar refractivity (Wildman–Crippen MR) is 133 cm³/mol. The van der Waals surface area contributed by atoms with Gasteiger partial charge < -0.3 is 10.1 Å². The molecule has 0 radical (unpaired) electrons. The van der Waals surface area contributed by atoms with Crippen LogP contribution in [-0.4, -0.2) is 34.5 Å². The average Bonchev–Trinajstić information content (AvgIpc) is 2.85. The van der Waals surface area contributed by atoms with Gasteiger partial charge in [0.1, 0.15) is 12.3 Å². The number of carbonyl (C=O) groups is 1. The molecule has 7 heteroatoms. The second kappa shape index (κ2) is 11.9. The summed E-state index contributed by atoms with van der Waals surface area (Å²) in [5.41, 5.74) is 2.24. The zero-order valence-electron chi connectivity index (χ0n) is 18.6. The van der Waals surface area contributed by atoms with Crippen molar-refractivity contribution < 1.29 is 17.9 Å². The number of hydrogen-bond acceptors (Lipinski definition) is 4. The van der Waals surface area contributed by atoms with Crippen molar-refractivity contribution in [2.75, 3.05) is 24.5 Å². The summed E-state index contributed by atoms with van der Waals surface area (Å²) in [7, 11) is -2.50. The molecular weight excluding hydrogens is 436 g/mol. The fraction of sp³-hybridized carbons (Fsp3) is 0.192. The van der Waals surface area contributed by atoms with Gasteiger partial charge in [-0.2, -0.15) is 0 Å². The quantitative estimate of drug-likeness (QED) is 0.431. The molecule has 0 fully saturated rings. The number of nitrogens with zero attached hydrogens (tertiary/aromatic N) is 1. The topological polar surface area (TPSA) is 75.7 Å². The molecule has 0 aliphatic heterocycles. The molecule has 172 valence electrons. The van der Waals surface area contributed by atoms with Crippen molar-refractivity contribution in [1.82, 2.24) is 5.32 Å². The number of carbonyl (C=O) groups excluding carboxylic acids is 1. The number of nitrogens with one attached hydrogen (secondary N) is 1. The third-order valence-corrected chi connectivity index (χ3v) is 6.41. The molecule has 0 saturated heterocycles. The molecule has 3 aromatic rings. The molecule has 1 N–H and O–H groups in total. The highest BCUT2D eigenvalue weighted by Crippen LogP contribution is 2.30. The first-order chi connectivity index (χ1) is 16.0. The first-order valence-corrected chi connectivity index (χ1v) is 12.2. The van der Waals surface area contributed by atoms with Gasteiger partial charge in [-0.15, -0.1) is 0 Å². The van der Waals surface area contributed by atoms with E-state index in [4.69, 9.17) is 4.74 Å². The van der Waals surface area contributed by atoms with Crippen LogP contribution >= 0.6 is 0 Å². The van der Waals surface area contributed by atoms with Crippen LogP contribution in [0.4, 0.5) is 5.69 Å². The average molecular weight is 465 g/mol. The van der Waals surface area contributed by atoms with E-state index in [1.165, 1.54) is 18.7 Å². The number of amides is 1. The van der Waals surface area contributed by atoms with E-state index in [9.17, 15) is 13.2 Å². The minimum Gasteiger partial charge on any atom is -0.495 e. The summed E-state index contributed by atoms with van der Waals surface area (Å²) in [4.78, 5) is 12.7. The molecule has 0 atom stereocenters. The standard InChI is InChI=1S/C26H28N2O4S/c1-32-25-17-9-8-16-24(25)28(33(30,31)20-18-23-13-6-3-7-14-23)21-26(29)27-19-10-15-22-11-4-2-5-12-22/h2-9,11-14,16-18,20H,10,15,19,21H2,1H3,(H,27,29)/b20-18+. The SMILES string of the molecule is COc1ccccc1N(CC(=O)NCCCc1ccccc1)S(=O)(=O)/C=C/c1ccccc1. The number of rotatable bonds is 11. The van der Waals surface area contributed by atoms with Crippen LogP contribution < -0.4 is 14.4 Å². The lowest BCUT2D eigenvalue weighted by atomic mass is 10.1. The maximum Gasteiger partial charge on any atom is 0.258 e. The molecule has 0 aliphatic rings. The zero-order chi connectivity index (χ0) is 23.5. The highest BCUT2D eigenvalue weighted by molar-refractivity contribution is 7.95. The van der Waals surface area contributed by atoms with Crippen LogP contribution in [0.15, 0.2) is 90.3 Å². The van der Waals surface area contributed by atoms with E-state index < -0.39 is 10.0 Å². The summed E-state index contributed by atoms with van der Waals surface area (Å²) in [5, 5.41) is 3.94. The maximum atomic E-state index is 13.2. The van der Waals surface area contributed by atoms with Gasteiger partial charge in [0, 0.05) is 6.54 Å². The molecule has 6 nitrogen and oxygen atoms in total. The Balaban J connectivity index is 1.73. The monoisotopic (exact) mass is 464 g/mol. The Bertz CT molecular complexity index is 1160. The number of aryl methyl sites for hydroxylation is 1. The normalized spacial score (nSPS) is 11.3. The second-order valence-electron chi connectivity index (χ2n) is 7.38. The first-order valence-electron chi connectivity index (χ1n) is 10.7. The van der Waals surface area contributed by atoms with Crippen molar-refractivity contribution in [2.45, 2.75) is 12.8 Å². The molecule has 0 aromatic heterocycles. The molecule has 1 amide bonds. The van der Waals surface area contributed by atoms with Crippen LogP contribution in [-0.2, 0) is 21.2 Å². The number of benzene rings is 3. The van der Waals surface area contributed by atoms with Gasteiger partial charge in [-0.05, 0) is 42.2 Å². The minimum atomic E-state index is -3.96. The fourth-order valence-corrected chi connectivity index (χ4v) is 4.50. The molecule has 3 rings (SSSR count). The van der Waals surface area contributed by atoms with Crippen molar-refractivity contribution >= 4 is 27.7 Å². The van der Waals surface area contributed by atoms with Crippen LogP contribution in [0.25, 0.3) is 6.08 Å². The Morgan fingerprint density at radius 2 is 1.58 bits per heavy atom. The van der Waals surface area contributed by atoms with Gasteiger partial charge in [-0.25, -0.2) is 8.42 Å². The highest BCUT2D eigenvalue weighted by atomic mass is 32.2. The molecule has 33 heavy (non-hydrogen) atoms. The largest absolute Gasteiger partial charge is 0.495 e. The van der Waals surface area contributed by atoms with Crippen molar-refractivity contribution in [2.24, 2.45) is 0 Å². The molecule has 0 spiro atoms. The number of ether oxygens (including phenoxy) is 1. The van der Waals surface area contributed by atoms with Crippen molar-refractivity contribution in [1.29, 1.82) is 0 Å². The van der Waals surface area contributed by atoms with E-state index in [-0.39, 0.29) is 12.5 Å². The van der Waals surface area contributed by atoms with Gasteiger partial charge in [-0.1, -0.05) is 72.8 Å². The summed E-state index contributed by atoms with van der Waals surface area (Å²) in [5.74, 6) is -0.0169. The lowest BCUT2D eigenvalue weighted by molar-refractivity contribution is -0.119. The molecular formula is C26H28N2O4S. The molecule has 0 heterocycles. The van der Waals surface area contributed by atoms with E-state index in [2.05, 4.69) is 5.32 Å². The van der Waals surface area contributed by atoms with E-state index in [0.717, 1.165) is 28.1 Å². The zero-order valence-corrected chi connectivity index (χ0v) is 19.4. The summed E-state index contributed by atoms with van der Waals surface area (Å²) in [6, 6.07) is 25.9. The van der Waals surface area contributed by atoms with E-state index in [1.54, 1.807) is 36.4 Å². The number of anilines is 1. The van der Waals surface area contributed by atoms with E-state index in [1.807, 2.05) is 48.5 Å². The first kappa shape index (κ1) is 24.1. The second-order valence-corrected chi connectivity index (χ2v) is 9.12. The van der Waals surface area contributed by atoms with Gasteiger partial charge in [0.2, 0.25) is 5.91 Å². The number of para-hydroxylation sites is 2. The van der Waals surface area contributed by atoms with Gasteiger partial charge in [0.15, 0.2) is 0 Å². The van der Waals surface area contributed by atoms with Crippen LogP contribution in [0, 0.1) is 0 Å². The van der Waals surface area contributed by atoms with Gasteiger partial charge in [0.25, 0.3) is 10.0 Å². The van der Waals surface area contributed by atoms with Gasteiger partial charge in [-0.3, -0.25) is 9.10 Å². The molecule has 0 unspecified atom stereocenters. The van der Waals surface area contributed by atoms with Crippen molar-refractivity contribution in [3.8, 4) is 5.75 Å². The summed E-state index contributed by atoms with van der Waals surface area (Å²) in [6.07, 6.45) is 3.09. The van der Waals surface area contributed by atoms with E-state index in [0.29, 0.717) is 18.0 Å². The van der Waals surface area contributed by atoms with Crippen LogP contribution in [0.2, 0.25) is 0 Å². The van der Waals surface area contributed by atoms with Crippen molar-refractivity contribution in [3.63, 3.8) is 0 Å². The highest BCUT2D eigenvalue weighted by Gasteiger charge is 2.25. The van der Waals surface area contributed by atoms with Gasteiger partial charge >= 0.3 is 0 Å². The predicted octanol–water partition coefficient (Wildman–Crippen LogP) is 4.25. The Kier molecular flexibility index (Phi) is 8.66. The summed E-state index contributed by atoms with van der Waals surface area (Å²) in [6.45, 7) is 0.0978. The summed E-state index contributed by atoms with van der Waals surface area (Å²) < 4.78 is 32.9. The van der Waals surface area contributed by atoms with Crippen molar-refractivity contribution in [3.05, 3.63) is 101 Å². The number of sulfonamides is 1. The third-order valence-electron chi connectivity index (χ3n) is 4.99. The molecule has 3 aromatic carbocycles. The number of hydrogen-bond donors (Lipinski definition) is 1. The smallest absolute Gasteiger partial charge is 0.258 e. The molecule has 0 aliphatic carbocycles. The van der Waals surface area contributed by atoms with Gasteiger partial charge in [0.05, 0.1) is 18.2 Å². The maximum absolute atomic E-state index is 13.2. The Labute approximate surface area is 195 Å². The Morgan fingerprint density at radius 3 is 2.27 bits per heavy atom. The van der Waals surface area contributed by atoms with E-state index >= 15 is 0 Å². The molecule has 0 saturated carbocycles. The fourth-order valence-electron chi connectivity index (χ4n) is 3.30. The lowest BCUT2D eigenvalue weighted by Crippen LogP contribution is -2.40. The Morgan fingerprint density at radius 1 is 0.939 bits per heavy atom. The third kappa shape index (κ3) is 7.22. The lowest BCUT2D eigenvalue weighted by Gasteiger charge is -2.24. The molecule has 0 bridgehead atoms. The van der Waals surface area contributed by atoms with Crippen LogP contribution in [0.5, 0.6) is 5.75 Å².